The van der Waals surface area contributed by atoms with Crippen LogP contribution in [0.1, 0.15) is 23.1 Å². The van der Waals surface area contributed by atoms with Gasteiger partial charge in [0.25, 0.3) is 0 Å². The van der Waals surface area contributed by atoms with Crippen LogP contribution in [-0.2, 0) is 39.1 Å². The van der Waals surface area contributed by atoms with Crippen molar-refractivity contribution < 1.29 is 19.2 Å². The predicted molar refractivity (Wildman–Crippen MR) is 152 cm³/mol. The number of amidine groups is 1. The molecule has 0 bridgehead atoms. The number of fused-ring (bicyclic) bond motifs is 1. The first-order chi connectivity index (χ1) is 18.7. The van der Waals surface area contributed by atoms with E-state index in [4.69, 9.17) is 24.2 Å². The summed E-state index contributed by atoms with van der Waals surface area (Å²) in [5.74, 6) is 0.0979. The number of thioether (sulfide) groups is 1. The van der Waals surface area contributed by atoms with Gasteiger partial charge in [0.1, 0.15) is 12.7 Å². The molecule has 1 aliphatic heterocycles. The third-order valence-electron chi connectivity index (χ3n) is 6.94. The predicted octanol–water partition coefficient (Wildman–Crippen LogP) is 5.73. The Morgan fingerprint density at radius 2 is 1.24 bits per heavy atom. The monoisotopic (exact) mass is 532 g/mol. The Hall–Kier alpha value is -2.68. The molecule has 1 fully saturated rings. The highest BCUT2D eigenvalue weighted by Gasteiger charge is 2.50. The zero-order valence-electron chi connectivity index (χ0n) is 22.0. The average molecular weight is 533 g/mol. The molecule has 0 saturated heterocycles. The van der Waals surface area contributed by atoms with Crippen LogP contribution in [0.3, 0.4) is 0 Å². The first kappa shape index (κ1) is 26.9. The van der Waals surface area contributed by atoms with Gasteiger partial charge in [-0.2, -0.15) is 0 Å². The van der Waals surface area contributed by atoms with E-state index >= 15 is 0 Å². The van der Waals surface area contributed by atoms with Crippen molar-refractivity contribution in [3.05, 3.63) is 108 Å². The molecule has 5 rings (SSSR count). The molecule has 0 radical (unpaired) electrons. The second-order valence-corrected chi connectivity index (χ2v) is 11.2. The molecular formula is C31H36N2O4S. The van der Waals surface area contributed by atoms with Crippen molar-refractivity contribution in [1.82, 2.24) is 4.90 Å². The molecule has 3 aromatic carbocycles. The molecule has 38 heavy (non-hydrogen) atoms. The number of hydrogen-bond acceptors (Lipinski definition) is 7. The van der Waals surface area contributed by atoms with Crippen LogP contribution >= 0.6 is 11.8 Å². The third-order valence-corrected chi connectivity index (χ3v) is 8.40. The highest BCUT2D eigenvalue weighted by atomic mass is 32.2. The van der Waals surface area contributed by atoms with Gasteiger partial charge in [0.05, 0.1) is 32.0 Å². The fraction of sp³-hybridized carbons (Fsp3) is 0.387. The van der Waals surface area contributed by atoms with E-state index in [9.17, 15) is 0 Å². The first-order valence-electron chi connectivity index (χ1n) is 13.2. The lowest BCUT2D eigenvalue weighted by Crippen LogP contribution is -2.54. The summed E-state index contributed by atoms with van der Waals surface area (Å²) in [6.45, 7) is 1.85. The van der Waals surface area contributed by atoms with Crippen LogP contribution in [0.15, 0.2) is 96.0 Å². The van der Waals surface area contributed by atoms with E-state index in [1.165, 1.54) is 0 Å². The van der Waals surface area contributed by atoms with Crippen LogP contribution in [0, 0.1) is 5.92 Å². The highest BCUT2D eigenvalue weighted by molar-refractivity contribution is 8.14. The van der Waals surface area contributed by atoms with Crippen LogP contribution in [0.5, 0.6) is 0 Å². The molecule has 0 unspecified atom stereocenters. The second kappa shape index (κ2) is 13.4. The molecule has 0 spiro atoms. The van der Waals surface area contributed by atoms with E-state index < -0.39 is 0 Å². The maximum Gasteiger partial charge on any atom is 0.159 e. The van der Waals surface area contributed by atoms with E-state index in [1.54, 1.807) is 0 Å². The lowest BCUT2D eigenvalue weighted by Gasteiger charge is -2.42. The van der Waals surface area contributed by atoms with E-state index in [1.807, 2.05) is 92.6 Å². The summed E-state index contributed by atoms with van der Waals surface area (Å²) in [6, 6.07) is 30.7. The fourth-order valence-corrected chi connectivity index (χ4v) is 6.34. The molecular weight excluding hydrogens is 496 g/mol. The summed E-state index contributed by atoms with van der Waals surface area (Å²) in [5, 5.41) is 1.34. The van der Waals surface area contributed by atoms with Gasteiger partial charge in [-0.05, 0) is 23.1 Å². The van der Waals surface area contributed by atoms with Crippen molar-refractivity contribution in [2.45, 2.75) is 49.7 Å². The van der Waals surface area contributed by atoms with Crippen LogP contribution in [-0.4, -0.2) is 54.3 Å². The molecule has 3 aromatic rings. The first-order valence-corrected chi connectivity index (χ1v) is 14.1. The number of aliphatic imine (C=N–C) groups is 1. The van der Waals surface area contributed by atoms with Gasteiger partial charge >= 0.3 is 0 Å². The lowest BCUT2D eigenvalue weighted by molar-refractivity contribution is -0.318. The molecule has 7 heteroatoms. The van der Waals surface area contributed by atoms with Crippen LogP contribution in [0.2, 0.25) is 0 Å². The van der Waals surface area contributed by atoms with Gasteiger partial charge in [-0.1, -0.05) is 103 Å². The van der Waals surface area contributed by atoms with Crippen molar-refractivity contribution in [2.24, 2.45) is 10.9 Å². The topological polar surface area (TPSA) is 52.5 Å². The van der Waals surface area contributed by atoms with Gasteiger partial charge in [-0.3, -0.25) is 4.99 Å². The molecule has 5 atom stereocenters. The van der Waals surface area contributed by atoms with Crippen molar-refractivity contribution in [1.29, 1.82) is 0 Å². The summed E-state index contributed by atoms with van der Waals surface area (Å²) in [4.78, 5) is 18.6. The van der Waals surface area contributed by atoms with E-state index in [2.05, 4.69) is 29.2 Å². The molecule has 0 N–H and O–H groups in total. The maximum atomic E-state index is 6.66. The number of nitrogens with zero attached hydrogens (tertiary/aromatic N) is 2. The minimum Gasteiger partial charge on any atom is -0.370 e. The molecule has 1 saturated carbocycles. The summed E-state index contributed by atoms with van der Waals surface area (Å²) in [7, 11) is 4.09. The molecule has 2 aliphatic rings. The maximum absolute atomic E-state index is 6.66. The van der Waals surface area contributed by atoms with Crippen molar-refractivity contribution in [3.63, 3.8) is 0 Å². The molecule has 200 valence electrons. The average Bonchev–Trinajstić information content (AvgIpc) is 3.39. The Kier molecular flexibility index (Phi) is 9.49. The molecule has 6 nitrogen and oxygen atoms in total. The second-order valence-electron chi connectivity index (χ2n) is 10.0. The van der Waals surface area contributed by atoms with E-state index in [0.717, 1.165) is 28.3 Å². The third kappa shape index (κ3) is 7.04. The van der Waals surface area contributed by atoms with Crippen LogP contribution in [0.25, 0.3) is 0 Å². The molecule has 1 aliphatic carbocycles. The SMILES string of the molecule is CN(C)C1=N[C@@H]2[C@@H](OCc3ccccc3)[C@H](OCc3ccccc3)[C@@H](COOCc3ccccc3)C[C@@H]2S1. The molecule has 1 heterocycles. The van der Waals surface area contributed by atoms with Crippen LogP contribution in [0.4, 0.5) is 0 Å². The van der Waals surface area contributed by atoms with Crippen molar-refractivity contribution in [3.8, 4) is 0 Å². The van der Waals surface area contributed by atoms with Crippen LogP contribution < -0.4 is 0 Å². The van der Waals surface area contributed by atoms with Gasteiger partial charge in [0.15, 0.2) is 5.17 Å². The van der Waals surface area contributed by atoms with Crippen molar-refractivity contribution >= 4 is 16.9 Å². The van der Waals surface area contributed by atoms with E-state index in [0.29, 0.717) is 31.7 Å². The Morgan fingerprint density at radius 3 is 1.79 bits per heavy atom. The molecule has 0 amide bonds. The zero-order chi connectivity index (χ0) is 26.2. The van der Waals surface area contributed by atoms with Gasteiger partial charge in [-0.15, -0.1) is 0 Å². The van der Waals surface area contributed by atoms with Gasteiger partial charge in [0.2, 0.25) is 0 Å². The fourth-order valence-electron chi connectivity index (χ4n) is 4.97. The van der Waals surface area contributed by atoms with Gasteiger partial charge in [0, 0.05) is 25.3 Å². The number of hydrogen-bond donors (Lipinski definition) is 0. The largest absolute Gasteiger partial charge is 0.370 e. The standard InChI is InChI=1S/C31H36N2O4S/c1-33(2)31-32-28-27(38-31)18-26(22-37-36-21-25-16-10-5-11-17-25)29(34-19-23-12-6-3-7-13-23)30(28)35-20-24-14-8-4-9-15-24/h3-17,26-30H,18-22H2,1-2H3/t26-,27+,28+,29-,30-/m1/s1. The minimum atomic E-state index is -0.203. The normalized spacial score (nSPS) is 24.6. The Labute approximate surface area is 229 Å². The lowest BCUT2D eigenvalue weighted by atomic mass is 9.81. The quantitative estimate of drug-likeness (QED) is 0.179. The summed E-state index contributed by atoms with van der Waals surface area (Å²) < 4.78 is 13.3. The van der Waals surface area contributed by atoms with Gasteiger partial charge in [-0.25, -0.2) is 9.78 Å². The number of rotatable bonds is 11. The summed E-state index contributed by atoms with van der Waals surface area (Å²) in [5.41, 5.74) is 3.35. The van der Waals surface area contributed by atoms with Gasteiger partial charge < -0.3 is 14.4 Å². The number of benzene rings is 3. The number of ether oxygens (including phenoxy) is 2. The molecule has 0 aromatic heterocycles. The van der Waals surface area contributed by atoms with Crippen molar-refractivity contribution in [2.75, 3.05) is 20.7 Å². The highest BCUT2D eigenvalue weighted by Crippen LogP contribution is 2.43. The Balaban J connectivity index is 1.33. The Morgan fingerprint density at radius 1 is 0.711 bits per heavy atom. The minimum absolute atomic E-state index is 0.0170. The van der Waals surface area contributed by atoms with E-state index in [-0.39, 0.29) is 24.2 Å². The zero-order valence-corrected chi connectivity index (χ0v) is 22.8. The smallest absolute Gasteiger partial charge is 0.159 e. The Bertz CT molecular complexity index is 1150. The summed E-state index contributed by atoms with van der Waals surface area (Å²) >= 11 is 1.83. The summed E-state index contributed by atoms with van der Waals surface area (Å²) in [6.07, 6.45) is 0.520.